The molecule has 0 fully saturated rings. The summed E-state index contributed by atoms with van der Waals surface area (Å²) in [5.41, 5.74) is -9.36. The fourth-order valence-corrected chi connectivity index (χ4v) is 5.83. The van der Waals surface area contributed by atoms with Gasteiger partial charge in [0.15, 0.2) is 20.0 Å². The summed E-state index contributed by atoms with van der Waals surface area (Å²) in [7, 11) is -24.8. The molecule has 0 spiro atoms. The molecule has 0 aromatic heterocycles. The van der Waals surface area contributed by atoms with Crippen molar-refractivity contribution in [3.8, 4) is 0 Å². The second-order valence-electron chi connectivity index (χ2n) is 11.0. The minimum atomic E-state index is -10.7. The molecule has 0 saturated carbocycles. The van der Waals surface area contributed by atoms with Gasteiger partial charge in [-0.2, -0.15) is 39.2 Å². The van der Waals surface area contributed by atoms with Gasteiger partial charge in [-0.15, -0.1) is 0 Å². The molecule has 1 aliphatic rings. The average Bonchev–Trinajstić information content (AvgIpc) is 3.12. The number of hydrogen-bond donors (Lipinski definition) is 0. The number of rotatable bonds is 6. The summed E-state index contributed by atoms with van der Waals surface area (Å²) in [5, 5.41) is 10.9. The number of alkyl halides is 6. The third-order valence-electron chi connectivity index (χ3n) is 5.20. The van der Waals surface area contributed by atoms with Crippen LogP contribution in [0.3, 0.4) is 0 Å². The SMILES string of the molecule is CCC(C)c1ccc(C[N+](C)(C)C)cc1.FB(F)F.F[P-](F)(F)(F)(F)F.O=S(=O)([N-]S(=O)(=O)C(F)(F)F)C(F)(F)F.O=S1(=O)N=C([O-])c2ccccc21.[CH3-].[CH3-].[F-]. The minimum absolute atomic E-state index is 0. The summed E-state index contributed by atoms with van der Waals surface area (Å²) in [6.07, 6.45) is 1.22. The number of quaternary nitrogens is 1. The van der Waals surface area contributed by atoms with E-state index >= 15 is 0 Å². The number of nitrogens with zero attached hydrogens (tertiary/aromatic N) is 3. The maximum Gasteiger partial charge on any atom is 0.480 e. The van der Waals surface area contributed by atoms with Crippen LogP contribution in [0.25, 0.3) is 4.13 Å². The number of benzene rings is 2. The summed E-state index contributed by atoms with van der Waals surface area (Å²) < 4.78 is 224. The summed E-state index contributed by atoms with van der Waals surface area (Å²) >= 11 is 0. The Kier molecular flexibility index (Phi) is 23.0. The number of sulfonamides is 3. The molecule has 10 nitrogen and oxygen atoms in total. The van der Waals surface area contributed by atoms with E-state index in [0.29, 0.717) is 5.92 Å². The van der Waals surface area contributed by atoms with Crippen LogP contribution < -0.4 is 9.81 Å². The van der Waals surface area contributed by atoms with Crippen LogP contribution in [0.15, 0.2) is 57.8 Å². The normalized spacial score (nSPS) is 15.2. The average molecular weight is 931 g/mol. The Balaban J connectivity index is -0.000000201. The summed E-state index contributed by atoms with van der Waals surface area (Å²) in [6, 6.07) is 15.1. The topological polar surface area (TPSA) is 152 Å². The summed E-state index contributed by atoms with van der Waals surface area (Å²) in [5.74, 6) is 0.00813. The first-order valence-electron chi connectivity index (χ1n) is 13.3. The smallest absolute Gasteiger partial charge is 0.480 e. The van der Waals surface area contributed by atoms with Crippen LogP contribution in [0.4, 0.5) is 64.5 Å². The van der Waals surface area contributed by atoms with Crippen LogP contribution in [0, 0.1) is 14.9 Å². The van der Waals surface area contributed by atoms with Gasteiger partial charge < -0.3 is 33.3 Å². The third-order valence-corrected chi connectivity index (χ3v) is 9.26. The number of fused-ring (bicyclic) bond motifs is 1. The Morgan fingerprint density at radius 1 is 0.804 bits per heavy atom. The first-order valence-corrected chi connectivity index (χ1v) is 19.6. The van der Waals surface area contributed by atoms with Crippen molar-refractivity contribution >= 4 is 51.3 Å². The van der Waals surface area contributed by atoms with Crippen molar-refractivity contribution in [3.63, 3.8) is 0 Å². The van der Waals surface area contributed by atoms with Crippen molar-refractivity contribution < 1.29 is 104 Å². The zero-order chi connectivity index (χ0) is 42.9. The van der Waals surface area contributed by atoms with Crippen LogP contribution in [-0.4, -0.2) is 75.3 Å². The van der Waals surface area contributed by atoms with E-state index in [9.17, 15) is 94.8 Å². The zero-order valence-corrected chi connectivity index (χ0v) is 33.0. The maximum atomic E-state index is 11.4. The second kappa shape index (κ2) is 20.7. The quantitative estimate of drug-likeness (QED) is 0.111. The predicted molar refractivity (Wildman–Crippen MR) is 176 cm³/mol. The summed E-state index contributed by atoms with van der Waals surface area (Å²) in [6.45, 7) is 5.63. The molecule has 2 aromatic rings. The van der Waals surface area contributed by atoms with E-state index in [1.165, 1.54) is 29.7 Å². The van der Waals surface area contributed by atoms with Crippen LogP contribution in [0.2, 0.25) is 0 Å². The molecule has 334 valence electrons. The van der Waals surface area contributed by atoms with E-state index in [1.807, 2.05) is 0 Å². The summed E-state index contributed by atoms with van der Waals surface area (Å²) in [4.78, 5) is 0.00926. The Labute approximate surface area is 313 Å². The van der Waals surface area contributed by atoms with Crippen LogP contribution in [-0.2, 0) is 36.6 Å². The van der Waals surface area contributed by atoms with E-state index in [2.05, 4.69) is 63.7 Å². The molecule has 0 aliphatic carbocycles. The van der Waals surface area contributed by atoms with Crippen LogP contribution >= 0.6 is 7.81 Å². The van der Waals surface area contributed by atoms with Crippen molar-refractivity contribution in [1.82, 2.24) is 0 Å². The Morgan fingerprint density at radius 3 is 1.43 bits per heavy atom. The van der Waals surface area contributed by atoms with Gasteiger partial charge in [-0.3, -0.25) is 12.9 Å². The van der Waals surface area contributed by atoms with Gasteiger partial charge in [0.1, 0.15) is 6.54 Å². The molecule has 1 atom stereocenters. The van der Waals surface area contributed by atoms with Gasteiger partial charge in [0.25, 0.3) is 10.0 Å². The molecule has 31 heteroatoms. The first kappa shape index (κ1) is 62.3. The van der Waals surface area contributed by atoms with Crippen LogP contribution in [0.1, 0.15) is 42.9 Å². The van der Waals surface area contributed by atoms with Crippen molar-refractivity contribution in [1.29, 1.82) is 0 Å². The third kappa shape index (κ3) is 27.6. The zero-order valence-electron chi connectivity index (χ0n) is 29.6. The monoisotopic (exact) mass is 930 g/mol. The van der Waals surface area contributed by atoms with Crippen molar-refractivity contribution in [3.05, 3.63) is 84.2 Å². The van der Waals surface area contributed by atoms with Gasteiger partial charge in [0.2, 0.25) is 0 Å². The van der Waals surface area contributed by atoms with E-state index in [0.717, 1.165) is 15.2 Å². The molecule has 0 radical (unpaired) electrons. The van der Waals surface area contributed by atoms with E-state index in [1.54, 1.807) is 12.1 Å². The molecule has 0 saturated heterocycles. The standard InChI is InChI=1S/C14H24N.C7H5NO3S.C2F6NO4S2.2CH3.BF3.F6P.FH/c1-6-12(2)14-9-7-13(8-10-14)11-15(3,4)5;9-7-5-3-1-2-4-6(5)12(10,11)8-7;3-1(4,5)14(10,11)9-15(12,13)2(6,7)8;;;2-1(3)4;1-7(2,3,4,5)6;/h7-10,12H,6,11H2,1-5H3;1-4H,(H,8,9);;2*1H3;;;1H/q+1;;3*-1;;-1;/p-2. The molecule has 2 aromatic carbocycles. The number of hydrogen-bond acceptors (Lipinski definition) is 7. The number of halogens is 16. The largest absolute Gasteiger partial charge is 1.00 e. The van der Waals surface area contributed by atoms with Crippen molar-refractivity contribution in [2.24, 2.45) is 4.40 Å². The van der Waals surface area contributed by atoms with Gasteiger partial charge in [0, 0.05) is 17.0 Å². The van der Waals surface area contributed by atoms with E-state index < -0.39 is 62.3 Å². The Morgan fingerprint density at radius 2 is 1.14 bits per heavy atom. The molecule has 1 aliphatic heterocycles. The van der Waals surface area contributed by atoms with Crippen molar-refractivity contribution in [2.75, 3.05) is 21.1 Å². The maximum absolute atomic E-state index is 11.4. The Hall–Kier alpha value is -2.95. The second-order valence-corrected chi connectivity index (χ2v) is 17.9. The van der Waals surface area contributed by atoms with Gasteiger partial charge in [0.05, 0.1) is 26.0 Å². The van der Waals surface area contributed by atoms with Crippen molar-refractivity contribution in [2.45, 2.75) is 48.6 Å². The molecule has 1 heterocycles. The first-order chi connectivity index (χ1) is 22.9. The molecule has 1 unspecified atom stereocenters. The van der Waals surface area contributed by atoms with Gasteiger partial charge in [-0.05, 0) is 24.0 Å². The van der Waals surface area contributed by atoms with E-state index in [-0.39, 0.29) is 30.0 Å². The van der Waals surface area contributed by atoms with Gasteiger partial charge in [-0.25, -0.2) is 16.8 Å². The fourth-order valence-electron chi connectivity index (χ4n) is 3.02. The van der Waals surface area contributed by atoms with Gasteiger partial charge >= 0.3 is 51.6 Å². The molecule has 0 N–H and O–H groups in total. The van der Waals surface area contributed by atoms with E-state index in [4.69, 9.17) is 0 Å². The molecule has 3 rings (SSSR count). The van der Waals surface area contributed by atoms with Crippen LogP contribution in [0.5, 0.6) is 0 Å². The molecule has 0 amide bonds. The molecule has 56 heavy (non-hydrogen) atoms. The predicted octanol–water partition coefficient (Wildman–Crippen LogP) is 6.13. The molecule has 0 bridgehead atoms. The fraction of sp³-hybridized carbons (Fsp3) is 0.400. The Bertz CT molecular complexity index is 1820. The minimum Gasteiger partial charge on any atom is -1.00 e. The molecular weight excluding hydrogens is 896 g/mol. The van der Waals surface area contributed by atoms with Gasteiger partial charge in [-0.1, -0.05) is 56.3 Å². The molecular formula is C25H34BF16N3O7PS3-5.